The zero-order valence-corrected chi connectivity index (χ0v) is 12.7. The van der Waals surface area contributed by atoms with E-state index in [1.54, 1.807) is 0 Å². The maximum absolute atomic E-state index is 11.5. The molecule has 2 heterocycles. The third kappa shape index (κ3) is 4.26. The average molecular weight is 315 g/mol. The van der Waals surface area contributed by atoms with Gasteiger partial charge in [-0.3, -0.25) is 9.59 Å². The number of hydrogen-bond donors (Lipinski definition) is 4. The fourth-order valence-corrected chi connectivity index (χ4v) is 4.19. The van der Waals surface area contributed by atoms with E-state index < -0.39 is 12.0 Å². The maximum atomic E-state index is 11.5. The SMILES string of the molecule is C[C@@H](NC(=O)CCCC[C@@H]1SC[C@@H]2NC(=O)N[C@@H]21)C(=O)O. The molecule has 2 aliphatic rings. The van der Waals surface area contributed by atoms with Crippen LogP contribution < -0.4 is 16.0 Å². The minimum atomic E-state index is -1.03. The summed E-state index contributed by atoms with van der Waals surface area (Å²) in [5.41, 5.74) is 0. The lowest BCUT2D eigenvalue weighted by molar-refractivity contribution is -0.141. The molecule has 0 aliphatic carbocycles. The predicted molar refractivity (Wildman–Crippen MR) is 79.2 cm³/mol. The van der Waals surface area contributed by atoms with Crippen LogP contribution in [0.2, 0.25) is 0 Å². The highest BCUT2D eigenvalue weighted by Gasteiger charge is 2.42. The second-order valence-corrected chi connectivity index (χ2v) is 6.77. The molecule has 0 aromatic carbocycles. The van der Waals surface area contributed by atoms with Crippen LogP contribution in [0, 0.1) is 0 Å². The number of nitrogens with one attached hydrogen (secondary N) is 3. The minimum Gasteiger partial charge on any atom is -0.480 e. The van der Waals surface area contributed by atoms with E-state index in [9.17, 15) is 14.4 Å². The van der Waals surface area contributed by atoms with Crippen molar-refractivity contribution < 1.29 is 19.5 Å². The molecule has 118 valence electrons. The van der Waals surface area contributed by atoms with Gasteiger partial charge in [0.2, 0.25) is 5.91 Å². The number of amides is 3. The summed E-state index contributed by atoms with van der Waals surface area (Å²) in [6.45, 7) is 1.45. The van der Waals surface area contributed by atoms with Crippen molar-refractivity contribution in [3.63, 3.8) is 0 Å². The molecule has 7 nitrogen and oxygen atoms in total. The maximum Gasteiger partial charge on any atom is 0.325 e. The van der Waals surface area contributed by atoms with Gasteiger partial charge in [0.15, 0.2) is 0 Å². The second-order valence-electron chi connectivity index (χ2n) is 5.50. The minimum absolute atomic E-state index is 0.0858. The molecule has 0 aromatic heterocycles. The summed E-state index contributed by atoms with van der Waals surface area (Å²) >= 11 is 1.85. The standard InChI is InChI=1S/C13H21N3O4S/c1-7(12(18)19)14-10(17)5-3-2-4-9-11-8(6-21-9)15-13(20)16-11/h7-9,11H,2-6H2,1H3,(H,14,17)(H,18,19)(H2,15,16,20)/t7-,8+,9+,11+/m1/s1. The molecule has 0 bridgehead atoms. The van der Waals surface area contributed by atoms with E-state index in [2.05, 4.69) is 16.0 Å². The number of aliphatic carboxylic acids is 1. The summed E-state index contributed by atoms with van der Waals surface area (Å²) in [6.07, 6.45) is 2.92. The molecule has 0 saturated carbocycles. The Morgan fingerprint density at radius 2 is 2.19 bits per heavy atom. The summed E-state index contributed by atoms with van der Waals surface area (Å²) in [4.78, 5) is 33.4. The molecular weight excluding hydrogens is 294 g/mol. The predicted octanol–water partition coefficient (Wildman–Crippen LogP) is 0.302. The Balaban J connectivity index is 1.61. The Labute approximate surface area is 127 Å². The molecule has 0 radical (unpaired) electrons. The quantitative estimate of drug-likeness (QED) is 0.399. The van der Waals surface area contributed by atoms with Gasteiger partial charge in [-0.2, -0.15) is 11.8 Å². The first kappa shape index (κ1) is 15.9. The highest BCUT2D eigenvalue weighted by molar-refractivity contribution is 8.00. The van der Waals surface area contributed by atoms with E-state index >= 15 is 0 Å². The van der Waals surface area contributed by atoms with Crippen LogP contribution in [0.4, 0.5) is 4.79 Å². The summed E-state index contributed by atoms with van der Waals surface area (Å²) in [6, 6.07) is -0.503. The third-order valence-electron chi connectivity index (χ3n) is 3.83. The van der Waals surface area contributed by atoms with E-state index in [1.165, 1.54) is 6.92 Å². The van der Waals surface area contributed by atoms with E-state index in [1.807, 2.05) is 11.8 Å². The first-order valence-corrected chi connectivity index (χ1v) is 8.23. The highest BCUT2D eigenvalue weighted by Crippen LogP contribution is 2.33. The van der Waals surface area contributed by atoms with E-state index in [-0.39, 0.29) is 24.0 Å². The van der Waals surface area contributed by atoms with Crippen molar-refractivity contribution in [1.29, 1.82) is 0 Å². The van der Waals surface area contributed by atoms with E-state index in [0.717, 1.165) is 25.0 Å². The Kier molecular flexibility index (Phi) is 5.33. The molecule has 4 N–H and O–H groups in total. The van der Waals surface area contributed by atoms with Crippen LogP contribution in [0.3, 0.4) is 0 Å². The monoisotopic (exact) mass is 315 g/mol. The van der Waals surface area contributed by atoms with Gasteiger partial charge >= 0.3 is 12.0 Å². The number of thioether (sulfide) groups is 1. The number of carboxylic acid groups (broad SMARTS) is 1. The smallest absolute Gasteiger partial charge is 0.325 e. The molecule has 2 fully saturated rings. The molecule has 21 heavy (non-hydrogen) atoms. The first-order chi connectivity index (χ1) is 9.97. The lowest BCUT2D eigenvalue weighted by Gasteiger charge is -2.16. The zero-order valence-electron chi connectivity index (χ0n) is 11.9. The molecule has 2 saturated heterocycles. The van der Waals surface area contributed by atoms with Crippen LogP contribution in [0.25, 0.3) is 0 Å². The Morgan fingerprint density at radius 3 is 2.90 bits per heavy atom. The van der Waals surface area contributed by atoms with Crippen LogP contribution in [0.1, 0.15) is 32.6 Å². The number of hydrogen-bond acceptors (Lipinski definition) is 4. The van der Waals surface area contributed by atoms with Crippen LogP contribution in [0.5, 0.6) is 0 Å². The molecule has 8 heteroatoms. The number of carbonyl (C=O) groups is 3. The van der Waals surface area contributed by atoms with Crippen LogP contribution in [0.15, 0.2) is 0 Å². The largest absolute Gasteiger partial charge is 0.480 e. The van der Waals surface area contributed by atoms with Crippen LogP contribution in [-0.2, 0) is 9.59 Å². The number of fused-ring (bicyclic) bond motifs is 1. The fourth-order valence-electron chi connectivity index (χ4n) is 2.65. The summed E-state index contributed by atoms with van der Waals surface area (Å²) in [7, 11) is 0. The number of urea groups is 1. The van der Waals surface area contributed by atoms with Crippen molar-refractivity contribution >= 4 is 29.7 Å². The fraction of sp³-hybridized carbons (Fsp3) is 0.769. The van der Waals surface area contributed by atoms with Gasteiger partial charge < -0.3 is 21.1 Å². The number of carbonyl (C=O) groups excluding carboxylic acids is 2. The lowest BCUT2D eigenvalue weighted by atomic mass is 10.0. The zero-order chi connectivity index (χ0) is 15.4. The van der Waals surface area contributed by atoms with Gasteiger partial charge in [0.25, 0.3) is 0 Å². The van der Waals surface area contributed by atoms with E-state index in [4.69, 9.17) is 5.11 Å². The lowest BCUT2D eigenvalue weighted by Crippen LogP contribution is -2.38. The molecule has 4 atom stereocenters. The number of carboxylic acids is 1. The molecule has 2 aliphatic heterocycles. The van der Waals surface area contributed by atoms with E-state index in [0.29, 0.717) is 11.7 Å². The van der Waals surface area contributed by atoms with Crippen molar-refractivity contribution in [2.45, 2.75) is 56.0 Å². The number of rotatable bonds is 7. The van der Waals surface area contributed by atoms with Gasteiger partial charge in [0.05, 0.1) is 12.1 Å². The highest BCUT2D eigenvalue weighted by atomic mass is 32.2. The van der Waals surface area contributed by atoms with Crippen molar-refractivity contribution in [1.82, 2.24) is 16.0 Å². The molecule has 3 amide bonds. The molecule has 0 aromatic rings. The van der Waals surface area contributed by atoms with Gasteiger partial charge in [-0.05, 0) is 19.8 Å². The molecular formula is C13H21N3O4S. The Morgan fingerprint density at radius 1 is 1.43 bits per heavy atom. The second kappa shape index (κ2) is 7.02. The van der Waals surface area contributed by atoms with Crippen LogP contribution in [-0.4, -0.2) is 52.1 Å². The van der Waals surface area contributed by atoms with Crippen molar-refractivity contribution in [2.75, 3.05) is 5.75 Å². The summed E-state index contributed by atoms with van der Waals surface area (Å²) < 4.78 is 0. The molecule has 2 rings (SSSR count). The Hall–Kier alpha value is -1.44. The van der Waals surface area contributed by atoms with Gasteiger partial charge in [0, 0.05) is 17.4 Å². The van der Waals surface area contributed by atoms with Crippen molar-refractivity contribution in [2.24, 2.45) is 0 Å². The van der Waals surface area contributed by atoms with Crippen LogP contribution >= 0.6 is 11.8 Å². The molecule has 0 unspecified atom stereocenters. The van der Waals surface area contributed by atoms with Gasteiger partial charge in [-0.15, -0.1) is 0 Å². The van der Waals surface area contributed by atoms with Gasteiger partial charge in [-0.1, -0.05) is 6.42 Å². The van der Waals surface area contributed by atoms with Crippen molar-refractivity contribution in [3.8, 4) is 0 Å². The summed E-state index contributed by atoms with van der Waals surface area (Å²) in [5, 5.41) is 17.4. The first-order valence-electron chi connectivity index (χ1n) is 7.18. The average Bonchev–Trinajstić information content (AvgIpc) is 2.94. The molecule has 0 spiro atoms. The topological polar surface area (TPSA) is 108 Å². The van der Waals surface area contributed by atoms with Crippen molar-refractivity contribution in [3.05, 3.63) is 0 Å². The van der Waals surface area contributed by atoms with Gasteiger partial charge in [0.1, 0.15) is 6.04 Å². The number of unbranched alkanes of at least 4 members (excludes halogenated alkanes) is 1. The third-order valence-corrected chi connectivity index (χ3v) is 5.34. The Bertz CT molecular complexity index is 432. The normalized spacial score (nSPS) is 28.4. The summed E-state index contributed by atoms with van der Waals surface area (Å²) in [5.74, 6) is -0.316. The van der Waals surface area contributed by atoms with Gasteiger partial charge in [-0.25, -0.2) is 4.79 Å².